The molecule has 1 aromatic carbocycles. The molecule has 0 N–H and O–H groups in total. The van der Waals surface area contributed by atoms with Gasteiger partial charge in [0.2, 0.25) is 5.91 Å². The summed E-state index contributed by atoms with van der Waals surface area (Å²) in [7, 11) is 3.13. The van der Waals surface area contributed by atoms with Crippen LogP contribution in [0, 0.1) is 5.92 Å². The molecule has 1 amide bonds. The van der Waals surface area contributed by atoms with Gasteiger partial charge < -0.3 is 19.1 Å². The SMILES string of the molecule is C=CCN1C(=O)C[C@@H](c2cc(OC)cc(OC)c2)C(C(=O)OCC(C)C)=C1C. The lowest BCUT2D eigenvalue weighted by Crippen LogP contribution is -2.38. The summed E-state index contributed by atoms with van der Waals surface area (Å²) in [5, 5.41) is 0. The molecule has 0 saturated heterocycles. The molecule has 1 atom stereocenters. The summed E-state index contributed by atoms with van der Waals surface area (Å²) in [5.41, 5.74) is 1.85. The molecule has 1 aliphatic heterocycles. The van der Waals surface area contributed by atoms with E-state index in [-0.39, 0.29) is 18.2 Å². The third-order valence-electron chi connectivity index (χ3n) is 4.68. The Morgan fingerprint density at radius 2 is 1.86 bits per heavy atom. The van der Waals surface area contributed by atoms with E-state index in [0.717, 1.165) is 5.56 Å². The highest BCUT2D eigenvalue weighted by molar-refractivity contribution is 5.96. The molecule has 0 radical (unpaired) electrons. The van der Waals surface area contributed by atoms with Gasteiger partial charge in [-0.3, -0.25) is 4.79 Å². The van der Waals surface area contributed by atoms with E-state index < -0.39 is 11.9 Å². The van der Waals surface area contributed by atoms with E-state index in [4.69, 9.17) is 14.2 Å². The first-order valence-corrected chi connectivity index (χ1v) is 9.34. The molecule has 28 heavy (non-hydrogen) atoms. The van der Waals surface area contributed by atoms with E-state index in [1.807, 2.05) is 26.0 Å². The number of esters is 1. The molecule has 1 aliphatic rings. The van der Waals surface area contributed by atoms with Crippen molar-refractivity contribution in [2.75, 3.05) is 27.4 Å². The number of carbonyl (C=O) groups excluding carboxylic acids is 2. The van der Waals surface area contributed by atoms with Crippen LogP contribution < -0.4 is 9.47 Å². The summed E-state index contributed by atoms with van der Waals surface area (Å²) in [6.07, 6.45) is 1.81. The quantitative estimate of drug-likeness (QED) is 0.503. The third kappa shape index (κ3) is 4.74. The number of nitrogens with zero attached hydrogens (tertiary/aromatic N) is 1. The second kappa shape index (κ2) is 9.44. The number of amides is 1. The van der Waals surface area contributed by atoms with Crippen LogP contribution >= 0.6 is 0 Å². The topological polar surface area (TPSA) is 65.1 Å². The highest BCUT2D eigenvalue weighted by Crippen LogP contribution is 2.39. The van der Waals surface area contributed by atoms with Crippen LogP contribution in [0.4, 0.5) is 0 Å². The lowest BCUT2D eigenvalue weighted by molar-refractivity contribution is -0.141. The average Bonchev–Trinajstić information content (AvgIpc) is 2.68. The van der Waals surface area contributed by atoms with Crippen LogP contribution in [0.15, 0.2) is 42.1 Å². The van der Waals surface area contributed by atoms with Crippen molar-refractivity contribution in [2.24, 2.45) is 5.92 Å². The molecular formula is C22H29NO5. The average molecular weight is 387 g/mol. The second-order valence-corrected chi connectivity index (χ2v) is 7.19. The fourth-order valence-corrected chi connectivity index (χ4v) is 3.26. The molecule has 6 nitrogen and oxygen atoms in total. The van der Waals surface area contributed by atoms with Crippen LogP contribution in [-0.4, -0.2) is 44.1 Å². The van der Waals surface area contributed by atoms with Gasteiger partial charge in [-0.2, -0.15) is 0 Å². The van der Waals surface area contributed by atoms with Crippen molar-refractivity contribution in [3.63, 3.8) is 0 Å². The molecule has 152 valence electrons. The summed E-state index contributed by atoms with van der Waals surface area (Å²) in [4.78, 5) is 27.3. The van der Waals surface area contributed by atoms with Gasteiger partial charge in [-0.15, -0.1) is 6.58 Å². The largest absolute Gasteiger partial charge is 0.497 e. The number of benzene rings is 1. The first-order valence-electron chi connectivity index (χ1n) is 9.34. The Bertz CT molecular complexity index is 759. The molecule has 0 unspecified atom stereocenters. The maximum absolute atomic E-state index is 13.0. The van der Waals surface area contributed by atoms with E-state index in [1.54, 1.807) is 38.2 Å². The summed E-state index contributed by atoms with van der Waals surface area (Å²) in [6.45, 7) is 10.1. The predicted molar refractivity (Wildman–Crippen MR) is 107 cm³/mol. The number of methoxy groups -OCH3 is 2. The lowest BCUT2D eigenvalue weighted by Gasteiger charge is -2.34. The van der Waals surface area contributed by atoms with Crippen molar-refractivity contribution in [3.8, 4) is 11.5 Å². The fraction of sp³-hybridized carbons (Fsp3) is 0.455. The highest BCUT2D eigenvalue weighted by atomic mass is 16.5. The normalized spacial score (nSPS) is 17.0. The molecule has 1 heterocycles. The molecule has 0 bridgehead atoms. The standard InChI is InChI=1S/C22H29NO5/c1-7-8-23-15(4)21(22(25)28-13-14(2)3)19(12-20(23)24)16-9-17(26-5)11-18(10-16)27-6/h7,9-11,14,19H,1,8,12-13H2,2-6H3/t19-/m0/s1. The van der Waals surface area contributed by atoms with Gasteiger partial charge in [-0.05, 0) is 30.5 Å². The minimum Gasteiger partial charge on any atom is -0.497 e. The Labute approximate surface area is 166 Å². The van der Waals surface area contributed by atoms with Gasteiger partial charge in [-0.25, -0.2) is 4.79 Å². The van der Waals surface area contributed by atoms with Gasteiger partial charge in [0, 0.05) is 30.6 Å². The van der Waals surface area contributed by atoms with Crippen LogP contribution in [0.5, 0.6) is 11.5 Å². The van der Waals surface area contributed by atoms with E-state index in [2.05, 4.69) is 6.58 Å². The number of allylic oxidation sites excluding steroid dienone is 1. The Hall–Kier alpha value is -2.76. The summed E-state index contributed by atoms with van der Waals surface area (Å²) < 4.78 is 16.2. The fourth-order valence-electron chi connectivity index (χ4n) is 3.26. The van der Waals surface area contributed by atoms with Crippen molar-refractivity contribution in [1.82, 2.24) is 4.90 Å². The Morgan fingerprint density at radius 1 is 1.25 bits per heavy atom. The van der Waals surface area contributed by atoms with Crippen molar-refractivity contribution in [3.05, 3.63) is 47.7 Å². The van der Waals surface area contributed by atoms with Crippen LogP contribution in [0.1, 0.15) is 38.7 Å². The van der Waals surface area contributed by atoms with Gasteiger partial charge in [0.15, 0.2) is 0 Å². The maximum atomic E-state index is 13.0. The zero-order valence-electron chi connectivity index (χ0n) is 17.3. The van der Waals surface area contributed by atoms with Crippen LogP contribution in [-0.2, 0) is 14.3 Å². The molecule has 0 saturated carbocycles. The summed E-state index contributed by atoms with van der Waals surface area (Å²) in [5.74, 6) is 0.516. The Balaban J connectivity index is 2.55. The molecule has 1 aromatic rings. The smallest absolute Gasteiger partial charge is 0.336 e. The molecule has 2 rings (SSSR count). The lowest BCUT2D eigenvalue weighted by atomic mass is 9.83. The molecule has 0 spiro atoms. The molecular weight excluding hydrogens is 358 g/mol. The Kier molecular flexibility index (Phi) is 7.26. The predicted octanol–water partition coefficient (Wildman–Crippen LogP) is 3.68. The van der Waals surface area contributed by atoms with Crippen LogP contribution in [0.2, 0.25) is 0 Å². The molecule has 6 heteroatoms. The molecule has 0 fully saturated rings. The first kappa shape index (κ1) is 21.5. The van der Waals surface area contributed by atoms with Gasteiger partial charge in [0.25, 0.3) is 0 Å². The van der Waals surface area contributed by atoms with E-state index in [9.17, 15) is 9.59 Å². The zero-order valence-corrected chi connectivity index (χ0v) is 17.3. The summed E-state index contributed by atoms with van der Waals surface area (Å²) >= 11 is 0. The van der Waals surface area contributed by atoms with Crippen molar-refractivity contribution in [2.45, 2.75) is 33.1 Å². The van der Waals surface area contributed by atoms with Gasteiger partial charge in [-0.1, -0.05) is 19.9 Å². The minimum atomic E-state index is -0.433. The minimum absolute atomic E-state index is 0.0652. The summed E-state index contributed by atoms with van der Waals surface area (Å²) in [6, 6.07) is 5.41. The van der Waals surface area contributed by atoms with E-state index in [0.29, 0.717) is 35.9 Å². The van der Waals surface area contributed by atoms with Crippen LogP contribution in [0.25, 0.3) is 0 Å². The zero-order chi connectivity index (χ0) is 20.8. The number of carbonyl (C=O) groups is 2. The van der Waals surface area contributed by atoms with Crippen LogP contribution in [0.3, 0.4) is 0 Å². The number of hydrogen-bond acceptors (Lipinski definition) is 5. The Morgan fingerprint density at radius 3 is 2.36 bits per heavy atom. The van der Waals surface area contributed by atoms with Crippen molar-refractivity contribution in [1.29, 1.82) is 0 Å². The van der Waals surface area contributed by atoms with Gasteiger partial charge >= 0.3 is 5.97 Å². The molecule has 0 aliphatic carbocycles. The number of hydrogen-bond donors (Lipinski definition) is 0. The van der Waals surface area contributed by atoms with Crippen molar-refractivity contribution < 1.29 is 23.8 Å². The highest BCUT2D eigenvalue weighted by Gasteiger charge is 2.37. The second-order valence-electron chi connectivity index (χ2n) is 7.19. The van der Waals surface area contributed by atoms with Gasteiger partial charge in [0.05, 0.1) is 26.4 Å². The number of ether oxygens (including phenoxy) is 3. The van der Waals surface area contributed by atoms with Gasteiger partial charge in [0.1, 0.15) is 11.5 Å². The maximum Gasteiger partial charge on any atom is 0.336 e. The van der Waals surface area contributed by atoms with Crippen molar-refractivity contribution >= 4 is 11.9 Å². The van der Waals surface area contributed by atoms with E-state index in [1.165, 1.54) is 0 Å². The monoisotopic (exact) mass is 387 g/mol. The number of rotatable bonds is 8. The first-order chi connectivity index (χ1) is 13.3. The van der Waals surface area contributed by atoms with E-state index >= 15 is 0 Å². The molecule has 0 aromatic heterocycles. The third-order valence-corrected chi connectivity index (χ3v) is 4.68.